The highest BCUT2D eigenvalue weighted by atomic mass is 16.2. The van der Waals surface area contributed by atoms with Gasteiger partial charge in [-0.2, -0.15) is 0 Å². The molecular weight excluding hydrogens is 240 g/mol. The Bertz CT molecular complexity index is 543. The van der Waals surface area contributed by atoms with Gasteiger partial charge in [0.05, 0.1) is 6.54 Å². The van der Waals surface area contributed by atoms with Crippen LogP contribution in [0.25, 0.3) is 0 Å². The zero-order valence-electron chi connectivity index (χ0n) is 10.5. The molecule has 3 N–H and O–H groups in total. The highest BCUT2D eigenvalue weighted by Crippen LogP contribution is 2.30. The molecule has 0 unspecified atom stereocenters. The van der Waals surface area contributed by atoms with Crippen molar-refractivity contribution in [3.05, 3.63) is 42.5 Å². The summed E-state index contributed by atoms with van der Waals surface area (Å²) >= 11 is 0. The standard InChI is InChI=1S/C14H16N4O/c19-14(10-1-2-10)18-12-5-3-11(4-6-12)17-9-13-15-7-8-16-13/h3-8,10,17H,1-2,9H2,(H,15,16)(H,18,19). The van der Waals surface area contributed by atoms with Gasteiger partial charge < -0.3 is 15.6 Å². The van der Waals surface area contributed by atoms with Crippen LogP contribution in [0.1, 0.15) is 18.7 Å². The fraction of sp³-hybridized carbons (Fsp3) is 0.286. The Hall–Kier alpha value is -2.30. The Morgan fingerprint density at radius 1 is 1.26 bits per heavy atom. The number of hydrogen-bond acceptors (Lipinski definition) is 3. The first-order valence-corrected chi connectivity index (χ1v) is 6.44. The summed E-state index contributed by atoms with van der Waals surface area (Å²) < 4.78 is 0. The van der Waals surface area contributed by atoms with E-state index in [1.54, 1.807) is 12.4 Å². The third-order valence-corrected chi connectivity index (χ3v) is 3.12. The molecule has 1 aliphatic rings. The number of rotatable bonds is 5. The van der Waals surface area contributed by atoms with Crippen LogP contribution >= 0.6 is 0 Å². The Labute approximate surface area is 111 Å². The van der Waals surface area contributed by atoms with Crippen LogP contribution in [0.4, 0.5) is 11.4 Å². The van der Waals surface area contributed by atoms with E-state index in [0.29, 0.717) is 6.54 Å². The quantitative estimate of drug-likeness (QED) is 0.769. The average molecular weight is 256 g/mol. The molecule has 1 aromatic heterocycles. The molecule has 1 saturated carbocycles. The maximum Gasteiger partial charge on any atom is 0.227 e. The average Bonchev–Trinajstić information content (AvgIpc) is 3.16. The van der Waals surface area contributed by atoms with Crippen LogP contribution in [0.15, 0.2) is 36.7 Å². The molecule has 19 heavy (non-hydrogen) atoms. The highest BCUT2D eigenvalue weighted by Gasteiger charge is 2.29. The number of H-pyrrole nitrogens is 1. The van der Waals surface area contributed by atoms with Crippen LogP contribution in [0.3, 0.4) is 0 Å². The van der Waals surface area contributed by atoms with E-state index in [1.165, 1.54) is 0 Å². The highest BCUT2D eigenvalue weighted by molar-refractivity contribution is 5.94. The smallest absolute Gasteiger partial charge is 0.227 e. The molecule has 1 amide bonds. The van der Waals surface area contributed by atoms with Gasteiger partial charge in [0.2, 0.25) is 5.91 Å². The number of aromatic nitrogens is 2. The van der Waals surface area contributed by atoms with Crippen molar-refractivity contribution in [2.24, 2.45) is 5.92 Å². The number of amides is 1. The first kappa shape index (κ1) is 11.8. The van der Waals surface area contributed by atoms with Crippen molar-refractivity contribution in [3.63, 3.8) is 0 Å². The van der Waals surface area contributed by atoms with Crippen molar-refractivity contribution in [1.82, 2.24) is 9.97 Å². The number of aromatic amines is 1. The largest absolute Gasteiger partial charge is 0.378 e. The molecule has 0 bridgehead atoms. The van der Waals surface area contributed by atoms with Crippen molar-refractivity contribution < 1.29 is 4.79 Å². The van der Waals surface area contributed by atoms with Gasteiger partial charge in [-0.05, 0) is 37.1 Å². The van der Waals surface area contributed by atoms with Gasteiger partial charge in [0.25, 0.3) is 0 Å². The summed E-state index contributed by atoms with van der Waals surface area (Å²) in [5, 5.41) is 6.17. The normalized spacial score (nSPS) is 14.1. The van der Waals surface area contributed by atoms with E-state index < -0.39 is 0 Å². The number of benzene rings is 1. The lowest BCUT2D eigenvalue weighted by atomic mass is 10.2. The Kier molecular flexibility index (Phi) is 3.18. The number of nitrogens with zero attached hydrogens (tertiary/aromatic N) is 1. The number of imidazole rings is 1. The van der Waals surface area contributed by atoms with E-state index in [9.17, 15) is 4.79 Å². The summed E-state index contributed by atoms with van der Waals surface area (Å²) in [7, 11) is 0. The van der Waals surface area contributed by atoms with Gasteiger partial charge in [-0.25, -0.2) is 4.98 Å². The van der Waals surface area contributed by atoms with E-state index >= 15 is 0 Å². The second-order valence-electron chi connectivity index (χ2n) is 4.73. The fourth-order valence-electron chi connectivity index (χ4n) is 1.84. The molecule has 98 valence electrons. The van der Waals surface area contributed by atoms with E-state index in [0.717, 1.165) is 30.0 Å². The summed E-state index contributed by atoms with van der Waals surface area (Å²) in [5.41, 5.74) is 1.85. The summed E-state index contributed by atoms with van der Waals surface area (Å²) in [6.45, 7) is 0.654. The maximum absolute atomic E-state index is 11.6. The van der Waals surface area contributed by atoms with Crippen LogP contribution in [-0.2, 0) is 11.3 Å². The SMILES string of the molecule is O=C(Nc1ccc(NCc2ncc[nH]2)cc1)C1CC1. The van der Waals surface area contributed by atoms with Crippen molar-refractivity contribution in [2.45, 2.75) is 19.4 Å². The van der Waals surface area contributed by atoms with Gasteiger partial charge in [0, 0.05) is 29.7 Å². The number of carbonyl (C=O) groups is 1. The molecule has 5 nitrogen and oxygen atoms in total. The molecule has 2 aromatic rings. The molecule has 0 spiro atoms. The number of anilines is 2. The third kappa shape index (κ3) is 3.13. The van der Waals surface area contributed by atoms with E-state index in [1.807, 2.05) is 24.3 Å². The van der Waals surface area contributed by atoms with E-state index in [2.05, 4.69) is 20.6 Å². The zero-order valence-corrected chi connectivity index (χ0v) is 10.5. The van der Waals surface area contributed by atoms with Gasteiger partial charge in [-0.15, -0.1) is 0 Å². The maximum atomic E-state index is 11.6. The zero-order chi connectivity index (χ0) is 13.1. The van der Waals surface area contributed by atoms with Gasteiger partial charge in [0.15, 0.2) is 0 Å². The van der Waals surface area contributed by atoms with E-state index in [-0.39, 0.29) is 11.8 Å². The molecule has 0 aliphatic heterocycles. The molecule has 1 fully saturated rings. The Balaban J connectivity index is 1.54. The van der Waals surface area contributed by atoms with Gasteiger partial charge in [0.1, 0.15) is 5.82 Å². The number of carbonyl (C=O) groups excluding carboxylic acids is 1. The second kappa shape index (κ2) is 5.14. The lowest BCUT2D eigenvalue weighted by molar-refractivity contribution is -0.117. The summed E-state index contributed by atoms with van der Waals surface area (Å²) in [4.78, 5) is 18.8. The van der Waals surface area contributed by atoms with Gasteiger partial charge in [-0.1, -0.05) is 0 Å². The van der Waals surface area contributed by atoms with Crippen LogP contribution in [0.5, 0.6) is 0 Å². The van der Waals surface area contributed by atoms with Gasteiger partial charge >= 0.3 is 0 Å². The molecular formula is C14H16N4O. The molecule has 1 aliphatic carbocycles. The monoisotopic (exact) mass is 256 g/mol. The number of nitrogens with one attached hydrogen (secondary N) is 3. The molecule has 3 rings (SSSR count). The lowest BCUT2D eigenvalue weighted by Crippen LogP contribution is -2.13. The topological polar surface area (TPSA) is 69.8 Å². The summed E-state index contributed by atoms with van der Waals surface area (Å²) in [6.07, 6.45) is 5.57. The Morgan fingerprint density at radius 3 is 2.63 bits per heavy atom. The minimum absolute atomic E-state index is 0.135. The first-order chi connectivity index (χ1) is 9.31. The molecule has 1 heterocycles. The van der Waals surface area contributed by atoms with Crippen molar-refractivity contribution in [2.75, 3.05) is 10.6 Å². The van der Waals surface area contributed by atoms with Gasteiger partial charge in [-0.3, -0.25) is 4.79 Å². The van der Waals surface area contributed by atoms with Crippen LogP contribution in [-0.4, -0.2) is 15.9 Å². The third-order valence-electron chi connectivity index (χ3n) is 3.12. The molecule has 0 saturated heterocycles. The van der Waals surface area contributed by atoms with Crippen LogP contribution in [0, 0.1) is 5.92 Å². The van der Waals surface area contributed by atoms with Crippen LogP contribution in [0.2, 0.25) is 0 Å². The second-order valence-corrected chi connectivity index (χ2v) is 4.73. The predicted molar refractivity (Wildman–Crippen MR) is 73.7 cm³/mol. The molecule has 1 aromatic carbocycles. The number of hydrogen-bond donors (Lipinski definition) is 3. The summed E-state index contributed by atoms with van der Waals surface area (Å²) in [6, 6.07) is 7.71. The molecule has 0 atom stereocenters. The fourth-order valence-corrected chi connectivity index (χ4v) is 1.84. The summed E-state index contributed by atoms with van der Waals surface area (Å²) in [5.74, 6) is 1.26. The van der Waals surface area contributed by atoms with Crippen molar-refractivity contribution in [1.29, 1.82) is 0 Å². The first-order valence-electron chi connectivity index (χ1n) is 6.44. The molecule has 5 heteroatoms. The van der Waals surface area contributed by atoms with Crippen molar-refractivity contribution in [3.8, 4) is 0 Å². The Morgan fingerprint density at radius 2 is 2.00 bits per heavy atom. The van der Waals surface area contributed by atoms with E-state index in [4.69, 9.17) is 0 Å². The minimum atomic E-state index is 0.135. The lowest BCUT2D eigenvalue weighted by Gasteiger charge is -2.07. The predicted octanol–water partition coefficient (Wildman–Crippen LogP) is 2.37. The molecule has 0 radical (unpaired) electrons. The van der Waals surface area contributed by atoms with Crippen LogP contribution < -0.4 is 10.6 Å². The minimum Gasteiger partial charge on any atom is -0.378 e. The van der Waals surface area contributed by atoms with Crippen molar-refractivity contribution >= 4 is 17.3 Å².